The summed E-state index contributed by atoms with van der Waals surface area (Å²) in [6.45, 7) is 1.33. The van der Waals surface area contributed by atoms with Gasteiger partial charge in [0.15, 0.2) is 0 Å². The van der Waals surface area contributed by atoms with Crippen LogP contribution in [0.4, 0.5) is 0 Å². The third-order valence-electron chi connectivity index (χ3n) is 3.82. The minimum atomic E-state index is 0.660. The lowest BCUT2D eigenvalue weighted by molar-refractivity contribution is 0.491. The van der Waals surface area contributed by atoms with E-state index in [4.69, 9.17) is 4.42 Å². The number of aromatic nitrogens is 2. The highest BCUT2D eigenvalue weighted by atomic mass is 79.9. The van der Waals surface area contributed by atoms with Gasteiger partial charge < -0.3 is 14.7 Å². The van der Waals surface area contributed by atoms with E-state index in [-0.39, 0.29) is 0 Å². The third kappa shape index (κ3) is 3.27. The van der Waals surface area contributed by atoms with Crippen molar-refractivity contribution in [2.45, 2.75) is 13.1 Å². The first-order chi connectivity index (χ1) is 11.8. The molecule has 5 heteroatoms. The maximum Gasteiger partial charge on any atom is 0.134 e. The van der Waals surface area contributed by atoms with E-state index < -0.39 is 0 Å². The zero-order valence-electron chi connectivity index (χ0n) is 12.9. The van der Waals surface area contributed by atoms with Gasteiger partial charge in [-0.1, -0.05) is 40.2 Å². The summed E-state index contributed by atoms with van der Waals surface area (Å²) in [6.07, 6.45) is 0. The van der Waals surface area contributed by atoms with Crippen LogP contribution in [0.3, 0.4) is 0 Å². The van der Waals surface area contributed by atoms with Crippen molar-refractivity contribution in [1.29, 1.82) is 0 Å². The summed E-state index contributed by atoms with van der Waals surface area (Å²) < 4.78 is 6.96. The van der Waals surface area contributed by atoms with Crippen molar-refractivity contribution >= 4 is 27.0 Å². The van der Waals surface area contributed by atoms with E-state index >= 15 is 0 Å². The number of aromatic amines is 1. The maximum absolute atomic E-state index is 5.90. The Kier molecular flexibility index (Phi) is 4.19. The molecule has 0 spiro atoms. The summed E-state index contributed by atoms with van der Waals surface area (Å²) in [6, 6.07) is 20.1. The predicted molar refractivity (Wildman–Crippen MR) is 98.5 cm³/mol. The predicted octanol–water partition coefficient (Wildman–Crippen LogP) is 4.88. The van der Waals surface area contributed by atoms with Crippen molar-refractivity contribution < 1.29 is 4.42 Å². The number of halogens is 1. The molecular formula is C19H16BrN3O. The Balaban J connectivity index is 1.38. The lowest BCUT2D eigenvalue weighted by Gasteiger charge is -2.00. The molecule has 0 bridgehead atoms. The number of rotatable bonds is 5. The first-order valence-electron chi connectivity index (χ1n) is 7.77. The van der Waals surface area contributed by atoms with E-state index in [1.54, 1.807) is 0 Å². The van der Waals surface area contributed by atoms with E-state index in [9.17, 15) is 0 Å². The number of H-pyrrole nitrogens is 1. The van der Waals surface area contributed by atoms with E-state index in [1.807, 2.05) is 60.7 Å². The molecule has 0 atom stereocenters. The highest BCUT2D eigenvalue weighted by Gasteiger charge is 2.06. The van der Waals surface area contributed by atoms with Gasteiger partial charge in [0.05, 0.1) is 24.1 Å². The Morgan fingerprint density at radius 1 is 0.958 bits per heavy atom. The highest BCUT2D eigenvalue weighted by molar-refractivity contribution is 9.10. The van der Waals surface area contributed by atoms with Crippen molar-refractivity contribution in [3.05, 3.63) is 76.7 Å². The molecule has 0 radical (unpaired) electrons. The number of imidazole rings is 1. The van der Waals surface area contributed by atoms with Crippen LogP contribution in [0.2, 0.25) is 0 Å². The quantitative estimate of drug-likeness (QED) is 0.518. The van der Waals surface area contributed by atoms with E-state index in [0.717, 1.165) is 38.4 Å². The minimum absolute atomic E-state index is 0.660. The second kappa shape index (κ2) is 6.63. The van der Waals surface area contributed by atoms with Crippen molar-refractivity contribution in [2.75, 3.05) is 0 Å². The molecule has 4 rings (SSSR count). The van der Waals surface area contributed by atoms with Crippen molar-refractivity contribution in [1.82, 2.24) is 15.3 Å². The van der Waals surface area contributed by atoms with Gasteiger partial charge in [0.25, 0.3) is 0 Å². The number of hydrogen-bond acceptors (Lipinski definition) is 3. The van der Waals surface area contributed by atoms with Gasteiger partial charge in [0.1, 0.15) is 17.3 Å². The average molecular weight is 382 g/mol. The molecule has 2 N–H and O–H groups in total. The zero-order valence-corrected chi connectivity index (χ0v) is 14.5. The summed E-state index contributed by atoms with van der Waals surface area (Å²) in [5.74, 6) is 2.71. The first kappa shape index (κ1) is 15.2. The second-order valence-corrected chi connectivity index (χ2v) is 6.49. The molecule has 0 aliphatic rings. The van der Waals surface area contributed by atoms with Gasteiger partial charge in [-0.25, -0.2) is 4.98 Å². The lowest BCUT2D eigenvalue weighted by Crippen LogP contribution is -2.13. The van der Waals surface area contributed by atoms with Gasteiger partial charge >= 0.3 is 0 Å². The summed E-state index contributed by atoms with van der Waals surface area (Å²) in [5.41, 5.74) is 3.12. The fourth-order valence-electron chi connectivity index (χ4n) is 2.64. The van der Waals surface area contributed by atoms with Crippen LogP contribution in [0.15, 0.2) is 69.6 Å². The Bertz CT molecular complexity index is 923. The van der Waals surface area contributed by atoms with Crippen LogP contribution in [0.5, 0.6) is 0 Å². The fourth-order valence-corrected chi connectivity index (χ4v) is 2.90. The number of furan rings is 1. The fraction of sp³-hybridized carbons (Fsp3) is 0.105. The highest BCUT2D eigenvalue weighted by Crippen LogP contribution is 2.24. The third-order valence-corrected chi connectivity index (χ3v) is 4.35. The normalized spacial score (nSPS) is 11.2. The molecule has 0 saturated heterocycles. The van der Waals surface area contributed by atoms with E-state index in [2.05, 4.69) is 31.2 Å². The van der Waals surface area contributed by atoms with Crippen LogP contribution in [-0.2, 0) is 13.1 Å². The standard InChI is InChI=1S/C19H16BrN3O/c20-14-7-5-13(6-8-14)18-10-9-15(24-18)11-21-12-19-22-16-3-1-2-4-17(16)23-19/h1-10,21H,11-12H2,(H,22,23). The van der Waals surface area contributed by atoms with Gasteiger partial charge in [-0.15, -0.1) is 0 Å². The Morgan fingerprint density at radius 3 is 2.62 bits per heavy atom. The van der Waals surface area contributed by atoms with Crippen LogP contribution in [0.25, 0.3) is 22.4 Å². The minimum Gasteiger partial charge on any atom is -0.460 e. The van der Waals surface area contributed by atoms with Gasteiger partial charge in [0, 0.05) is 10.0 Å². The molecule has 2 aromatic carbocycles. The topological polar surface area (TPSA) is 53.9 Å². The molecule has 0 saturated carbocycles. The molecule has 2 aromatic heterocycles. The molecule has 4 aromatic rings. The van der Waals surface area contributed by atoms with E-state index in [1.165, 1.54) is 0 Å². The number of fused-ring (bicyclic) bond motifs is 1. The molecule has 0 unspecified atom stereocenters. The van der Waals surface area contributed by atoms with Crippen molar-refractivity contribution in [3.8, 4) is 11.3 Å². The SMILES string of the molecule is Brc1ccc(-c2ccc(CNCc3nc4ccccc4[nH]3)o2)cc1. The number of nitrogens with one attached hydrogen (secondary N) is 2. The van der Waals surface area contributed by atoms with Gasteiger partial charge in [-0.05, 0) is 36.4 Å². The molecular weight excluding hydrogens is 366 g/mol. The summed E-state index contributed by atoms with van der Waals surface area (Å²) in [4.78, 5) is 7.86. The van der Waals surface area contributed by atoms with Gasteiger partial charge in [0.2, 0.25) is 0 Å². The molecule has 4 nitrogen and oxygen atoms in total. The molecule has 0 amide bonds. The summed E-state index contributed by atoms with van der Waals surface area (Å²) >= 11 is 3.44. The van der Waals surface area contributed by atoms with Crippen LogP contribution >= 0.6 is 15.9 Å². The molecule has 0 fully saturated rings. The molecule has 120 valence electrons. The lowest BCUT2D eigenvalue weighted by atomic mass is 10.2. The number of para-hydroxylation sites is 2. The van der Waals surface area contributed by atoms with Crippen LogP contribution < -0.4 is 5.32 Å². The molecule has 0 aliphatic heterocycles. The Morgan fingerprint density at radius 2 is 1.79 bits per heavy atom. The van der Waals surface area contributed by atoms with Crippen molar-refractivity contribution in [3.63, 3.8) is 0 Å². The molecule has 2 heterocycles. The maximum atomic E-state index is 5.90. The number of benzene rings is 2. The van der Waals surface area contributed by atoms with E-state index in [0.29, 0.717) is 13.1 Å². The van der Waals surface area contributed by atoms with Crippen molar-refractivity contribution in [2.24, 2.45) is 0 Å². The Labute approximate surface area is 148 Å². The largest absolute Gasteiger partial charge is 0.460 e. The average Bonchev–Trinajstić information content (AvgIpc) is 3.22. The Hall–Kier alpha value is -2.37. The number of nitrogens with zero attached hydrogens (tertiary/aromatic N) is 1. The zero-order chi connectivity index (χ0) is 16.4. The summed E-state index contributed by atoms with van der Waals surface area (Å²) in [7, 11) is 0. The smallest absolute Gasteiger partial charge is 0.134 e. The van der Waals surface area contributed by atoms with Gasteiger partial charge in [-0.3, -0.25) is 0 Å². The molecule has 24 heavy (non-hydrogen) atoms. The van der Waals surface area contributed by atoms with Crippen LogP contribution in [0, 0.1) is 0 Å². The van der Waals surface area contributed by atoms with Crippen LogP contribution in [0.1, 0.15) is 11.6 Å². The second-order valence-electron chi connectivity index (χ2n) is 5.58. The monoisotopic (exact) mass is 381 g/mol. The molecule has 0 aliphatic carbocycles. The summed E-state index contributed by atoms with van der Waals surface area (Å²) in [5, 5.41) is 3.36. The van der Waals surface area contributed by atoms with Gasteiger partial charge in [-0.2, -0.15) is 0 Å². The number of hydrogen-bond donors (Lipinski definition) is 2. The first-order valence-corrected chi connectivity index (χ1v) is 8.56. The van der Waals surface area contributed by atoms with Crippen LogP contribution in [-0.4, -0.2) is 9.97 Å².